The molecular weight excluding hydrogens is 254 g/mol. The molecular formula is C16H22BFO2. The SMILES string of the molecule is CC1(C)OB(c2ccc(F)c3c2CCCC3)OC1(C)C. The van der Waals surface area contributed by atoms with Crippen molar-refractivity contribution in [3.63, 3.8) is 0 Å². The summed E-state index contributed by atoms with van der Waals surface area (Å²) in [6, 6.07) is 3.39. The molecule has 0 spiro atoms. The Hall–Kier alpha value is -0.865. The number of rotatable bonds is 1. The number of fused-ring (bicyclic) bond motifs is 1. The van der Waals surface area contributed by atoms with Crippen LogP contribution in [-0.2, 0) is 22.2 Å². The lowest BCUT2D eigenvalue weighted by Gasteiger charge is -2.32. The third kappa shape index (κ3) is 2.10. The van der Waals surface area contributed by atoms with E-state index in [1.807, 2.05) is 33.8 Å². The van der Waals surface area contributed by atoms with E-state index >= 15 is 0 Å². The molecule has 0 aromatic heterocycles. The Morgan fingerprint density at radius 2 is 1.50 bits per heavy atom. The van der Waals surface area contributed by atoms with E-state index in [9.17, 15) is 4.39 Å². The van der Waals surface area contributed by atoms with Gasteiger partial charge in [0, 0.05) is 0 Å². The zero-order valence-electron chi connectivity index (χ0n) is 12.8. The van der Waals surface area contributed by atoms with Crippen molar-refractivity contribution < 1.29 is 13.7 Å². The minimum Gasteiger partial charge on any atom is -0.399 e. The second kappa shape index (κ2) is 4.57. The Morgan fingerprint density at radius 3 is 2.10 bits per heavy atom. The highest BCUT2D eigenvalue weighted by Crippen LogP contribution is 2.37. The number of benzene rings is 1. The molecule has 2 aliphatic rings. The molecule has 3 rings (SSSR count). The van der Waals surface area contributed by atoms with E-state index in [0.717, 1.165) is 42.3 Å². The Labute approximate surface area is 120 Å². The standard InChI is InChI=1S/C16H22BFO2/c1-15(2)16(3,4)20-17(19-15)13-9-10-14(18)12-8-6-5-7-11(12)13/h9-10H,5-8H2,1-4H3. The summed E-state index contributed by atoms with van der Waals surface area (Å²) in [4.78, 5) is 0. The molecule has 0 unspecified atom stereocenters. The van der Waals surface area contributed by atoms with Crippen LogP contribution in [0.15, 0.2) is 12.1 Å². The Bertz CT molecular complexity index is 524. The second-order valence-electron chi connectivity index (χ2n) is 6.89. The van der Waals surface area contributed by atoms with Gasteiger partial charge in [-0.3, -0.25) is 0 Å². The molecule has 0 bridgehead atoms. The van der Waals surface area contributed by atoms with Crippen molar-refractivity contribution >= 4 is 12.6 Å². The summed E-state index contributed by atoms with van der Waals surface area (Å²) in [5.41, 5.74) is 2.28. The average Bonchev–Trinajstić information content (AvgIpc) is 2.59. The summed E-state index contributed by atoms with van der Waals surface area (Å²) >= 11 is 0. The molecule has 4 heteroatoms. The summed E-state index contributed by atoms with van der Waals surface area (Å²) in [5, 5.41) is 0. The van der Waals surface area contributed by atoms with Gasteiger partial charge in [-0.15, -0.1) is 0 Å². The zero-order valence-corrected chi connectivity index (χ0v) is 12.8. The van der Waals surface area contributed by atoms with E-state index in [1.54, 1.807) is 6.07 Å². The van der Waals surface area contributed by atoms with Gasteiger partial charge in [-0.05, 0) is 76.0 Å². The largest absolute Gasteiger partial charge is 0.495 e. The quantitative estimate of drug-likeness (QED) is 0.734. The van der Waals surface area contributed by atoms with Crippen LogP contribution >= 0.6 is 0 Å². The predicted octanol–water partition coefficient (Wildman–Crippen LogP) is 3.00. The maximum atomic E-state index is 14.0. The Morgan fingerprint density at radius 1 is 0.950 bits per heavy atom. The Kier molecular flexibility index (Phi) is 3.22. The fourth-order valence-corrected chi connectivity index (χ4v) is 3.04. The first-order valence-corrected chi connectivity index (χ1v) is 7.48. The molecule has 1 saturated heterocycles. The van der Waals surface area contributed by atoms with Gasteiger partial charge in [0.1, 0.15) is 5.82 Å². The lowest BCUT2D eigenvalue weighted by atomic mass is 9.71. The van der Waals surface area contributed by atoms with Crippen LogP contribution in [0.3, 0.4) is 0 Å². The molecule has 1 heterocycles. The van der Waals surface area contributed by atoms with Crippen molar-refractivity contribution in [3.8, 4) is 0 Å². The van der Waals surface area contributed by atoms with Gasteiger partial charge in [-0.1, -0.05) is 6.07 Å². The molecule has 0 amide bonds. The highest BCUT2D eigenvalue weighted by Gasteiger charge is 2.52. The van der Waals surface area contributed by atoms with E-state index in [0.29, 0.717) is 0 Å². The van der Waals surface area contributed by atoms with Crippen molar-refractivity contribution in [1.29, 1.82) is 0 Å². The molecule has 0 saturated carbocycles. The van der Waals surface area contributed by atoms with Crippen molar-refractivity contribution in [2.75, 3.05) is 0 Å². The highest BCUT2D eigenvalue weighted by molar-refractivity contribution is 6.62. The Balaban J connectivity index is 2.00. The van der Waals surface area contributed by atoms with Crippen LogP contribution < -0.4 is 5.46 Å². The zero-order chi connectivity index (χ0) is 14.5. The van der Waals surface area contributed by atoms with Gasteiger partial charge in [-0.2, -0.15) is 0 Å². The molecule has 2 nitrogen and oxygen atoms in total. The normalized spacial score (nSPS) is 23.8. The first-order valence-electron chi connectivity index (χ1n) is 7.48. The van der Waals surface area contributed by atoms with Crippen LogP contribution in [0.4, 0.5) is 4.39 Å². The summed E-state index contributed by atoms with van der Waals surface area (Å²) in [5.74, 6) is -0.0834. The number of halogens is 1. The number of hydrogen-bond acceptors (Lipinski definition) is 2. The molecule has 0 atom stereocenters. The molecule has 1 fully saturated rings. The van der Waals surface area contributed by atoms with Crippen LogP contribution in [0, 0.1) is 5.82 Å². The molecule has 20 heavy (non-hydrogen) atoms. The van der Waals surface area contributed by atoms with Crippen molar-refractivity contribution in [3.05, 3.63) is 29.1 Å². The first-order chi connectivity index (χ1) is 9.32. The van der Waals surface area contributed by atoms with Crippen molar-refractivity contribution in [1.82, 2.24) is 0 Å². The molecule has 108 valence electrons. The predicted molar refractivity (Wildman–Crippen MR) is 78.8 cm³/mol. The third-order valence-electron chi connectivity index (χ3n) is 5.02. The van der Waals surface area contributed by atoms with E-state index in [4.69, 9.17) is 9.31 Å². The van der Waals surface area contributed by atoms with E-state index in [2.05, 4.69) is 0 Å². The van der Waals surface area contributed by atoms with Crippen LogP contribution in [0.2, 0.25) is 0 Å². The van der Waals surface area contributed by atoms with E-state index < -0.39 is 0 Å². The average molecular weight is 276 g/mol. The van der Waals surface area contributed by atoms with Gasteiger partial charge >= 0.3 is 7.12 Å². The van der Waals surface area contributed by atoms with Crippen molar-refractivity contribution in [2.24, 2.45) is 0 Å². The molecule has 1 aliphatic heterocycles. The monoisotopic (exact) mass is 276 g/mol. The van der Waals surface area contributed by atoms with E-state index in [-0.39, 0.29) is 24.1 Å². The van der Waals surface area contributed by atoms with Gasteiger partial charge in [0.2, 0.25) is 0 Å². The van der Waals surface area contributed by atoms with Gasteiger partial charge in [0.15, 0.2) is 0 Å². The molecule has 0 N–H and O–H groups in total. The maximum absolute atomic E-state index is 14.0. The fourth-order valence-electron chi connectivity index (χ4n) is 3.04. The smallest absolute Gasteiger partial charge is 0.399 e. The summed E-state index contributed by atoms with van der Waals surface area (Å²) in [7, 11) is -0.382. The van der Waals surface area contributed by atoms with Crippen molar-refractivity contribution in [2.45, 2.75) is 64.6 Å². The van der Waals surface area contributed by atoms with Crippen LogP contribution in [-0.4, -0.2) is 18.3 Å². The van der Waals surface area contributed by atoms with Gasteiger partial charge in [0.05, 0.1) is 11.2 Å². The lowest BCUT2D eigenvalue weighted by Crippen LogP contribution is -2.41. The minimum absolute atomic E-state index is 0.0834. The molecule has 0 radical (unpaired) electrons. The van der Waals surface area contributed by atoms with Gasteiger partial charge in [-0.25, -0.2) is 4.39 Å². The number of hydrogen-bond donors (Lipinski definition) is 0. The van der Waals surface area contributed by atoms with E-state index in [1.165, 1.54) is 0 Å². The molecule has 1 aliphatic carbocycles. The van der Waals surface area contributed by atoms with Crippen LogP contribution in [0.5, 0.6) is 0 Å². The lowest BCUT2D eigenvalue weighted by molar-refractivity contribution is 0.00578. The fraction of sp³-hybridized carbons (Fsp3) is 0.625. The van der Waals surface area contributed by atoms with Gasteiger partial charge < -0.3 is 9.31 Å². The summed E-state index contributed by atoms with van der Waals surface area (Å²) in [6.07, 6.45) is 3.93. The van der Waals surface area contributed by atoms with Crippen LogP contribution in [0.25, 0.3) is 0 Å². The van der Waals surface area contributed by atoms with Gasteiger partial charge in [0.25, 0.3) is 0 Å². The molecule has 1 aromatic carbocycles. The molecule has 1 aromatic rings. The maximum Gasteiger partial charge on any atom is 0.495 e. The second-order valence-corrected chi connectivity index (χ2v) is 6.89. The highest BCUT2D eigenvalue weighted by atomic mass is 19.1. The minimum atomic E-state index is -0.382. The summed E-state index contributed by atoms with van der Waals surface area (Å²) < 4.78 is 26.2. The first kappa shape index (κ1) is 14.1. The third-order valence-corrected chi connectivity index (χ3v) is 5.02. The summed E-state index contributed by atoms with van der Waals surface area (Å²) in [6.45, 7) is 8.18. The topological polar surface area (TPSA) is 18.5 Å². The van der Waals surface area contributed by atoms with Crippen LogP contribution in [0.1, 0.15) is 51.7 Å².